The van der Waals surface area contributed by atoms with Gasteiger partial charge in [0.15, 0.2) is 11.4 Å². The van der Waals surface area contributed by atoms with Crippen molar-refractivity contribution in [2.24, 2.45) is 28.6 Å². The van der Waals surface area contributed by atoms with Crippen LogP contribution in [0.25, 0.3) is 5.76 Å². The molecule has 10 heteroatoms. The molecule has 2 unspecified atom stereocenters. The number of primary amides is 1. The van der Waals surface area contributed by atoms with Gasteiger partial charge >= 0.3 is 0 Å². The number of phenolic OH excluding ortho intramolecular Hbond substituents is 1. The standard InChI is InChI=1S/C22H24N2O8/c1-8(24-32-2)11-3-4-13(25)16-12(11)6-9-5-10-7-14(26)17(21(23)30)20(29)22(10,31)19(28)15(9)18(16)27/h3-4,9-10,14,17,25-27,31H,5-7H2,1-2H3,(H2,23,30)/b24-8+/t9-,10+,14?,17?,22+/m1/s1. The monoisotopic (exact) mass is 444 g/mol. The Labute approximate surface area is 183 Å². The first kappa shape index (κ1) is 22.0. The largest absolute Gasteiger partial charge is 0.507 e. The molecule has 3 aliphatic rings. The van der Waals surface area contributed by atoms with Crippen LogP contribution < -0.4 is 5.73 Å². The average Bonchev–Trinajstić information content (AvgIpc) is 2.70. The lowest BCUT2D eigenvalue weighted by atomic mass is 9.56. The first-order chi connectivity index (χ1) is 15.0. The Hall–Kier alpha value is -3.24. The van der Waals surface area contributed by atoms with Gasteiger partial charge in [0.2, 0.25) is 11.7 Å². The molecule has 3 aliphatic carbocycles. The molecule has 1 aromatic carbocycles. The molecule has 1 amide bonds. The minimum absolute atomic E-state index is 0.0181. The van der Waals surface area contributed by atoms with Crippen LogP contribution in [-0.2, 0) is 25.6 Å². The van der Waals surface area contributed by atoms with Gasteiger partial charge < -0.3 is 31.0 Å². The van der Waals surface area contributed by atoms with Crippen LogP contribution in [0.3, 0.4) is 0 Å². The maximum Gasteiger partial charge on any atom is 0.230 e. The number of fused-ring (bicyclic) bond motifs is 3. The minimum atomic E-state index is -2.59. The summed E-state index contributed by atoms with van der Waals surface area (Å²) >= 11 is 0. The second kappa shape index (κ2) is 7.42. The maximum absolute atomic E-state index is 13.4. The first-order valence-corrected chi connectivity index (χ1v) is 10.2. The molecule has 0 bridgehead atoms. The normalized spacial score (nSPS) is 32.2. The summed E-state index contributed by atoms with van der Waals surface area (Å²) in [5.41, 5.74) is 4.12. The number of benzene rings is 1. The fourth-order valence-electron chi connectivity index (χ4n) is 5.45. The van der Waals surface area contributed by atoms with E-state index in [2.05, 4.69) is 5.16 Å². The summed E-state index contributed by atoms with van der Waals surface area (Å²) in [6.45, 7) is 1.69. The van der Waals surface area contributed by atoms with Gasteiger partial charge in [-0.05, 0) is 49.8 Å². The summed E-state index contributed by atoms with van der Waals surface area (Å²) in [4.78, 5) is 42.9. The second-order valence-corrected chi connectivity index (χ2v) is 8.58. The van der Waals surface area contributed by atoms with E-state index in [9.17, 15) is 34.8 Å². The lowest BCUT2D eigenvalue weighted by Crippen LogP contribution is -2.66. The summed E-state index contributed by atoms with van der Waals surface area (Å²) in [5.74, 6) is -7.39. The van der Waals surface area contributed by atoms with Gasteiger partial charge in [-0.25, -0.2) is 0 Å². The van der Waals surface area contributed by atoms with E-state index in [1.165, 1.54) is 13.2 Å². The number of nitrogens with zero attached hydrogens (tertiary/aromatic N) is 1. The van der Waals surface area contributed by atoms with Crippen LogP contribution in [0, 0.1) is 17.8 Å². The SMILES string of the molecule is CO/N=C(\C)c1ccc(O)c2c1C[C@H]1C[C@H]3CC(O)C(C(N)=O)C(=O)[C@@]3(O)C(=O)C1=C2O. The van der Waals surface area contributed by atoms with Crippen molar-refractivity contribution in [2.75, 3.05) is 7.11 Å². The number of hydrogen-bond acceptors (Lipinski definition) is 9. The quantitative estimate of drug-likeness (QED) is 0.245. The maximum atomic E-state index is 13.4. The molecule has 2 fully saturated rings. The Balaban J connectivity index is 1.88. The molecular formula is C22H24N2O8. The second-order valence-electron chi connectivity index (χ2n) is 8.58. The molecule has 170 valence electrons. The summed E-state index contributed by atoms with van der Waals surface area (Å²) in [6, 6.07) is 2.96. The van der Waals surface area contributed by atoms with E-state index in [1.807, 2.05) is 0 Å². The van der Waals surface area contributed by atoms with E-state index < -0.39 is 52.7 Å². The van der Waals surface area contributed by atoms with Gasteiger partial charge in [0.25, 0.3) is 0 Å². The molecule has 4 rings (SSSR count). The zero-order valence-electron chi connectivity index (χ0n) is 17.5. The molecule has 0 saturated heterocycles. The summed E-state index contributed by atoms with van der Waals surface area (Å²) in [5, 5.41) is 46.9. The van der Waals surface area contributed by atoms with Crippen molar-refractivity contribution in [1.82, 2.24) is 0 Å². The van der Waals surface area contributed by atoms with Crippen molar-refractivity contribution in [2.45, 2.75) is 37.9 Å². The molecule has 2 saturated carbocycles. The molecule has 0 spiro atoms. The predicted molar refractivity (Wildman–Crippen MR) is 110 cm³/mol. The number of carbonyl (C=O) groups excluding carboxylic acids is 3. The van der Waals surface area contributed by atoms with Gasteiger partial charge in [-0.3, -0.25) is 14.4 Å². The van der Waals surface area contributed by atoms with E-state index in [1.54, 1.807) is 13.0 Å². The van der Waals surface area contributed by atoms with Crippen molar-refractivity contribution >= 4 is 28.9 Å². The average molecular weight is 444 g/mol. The third-order valence-corrected chi connectivity index (χ3v) is 6.89. The number of aliphatic hydroxyl groups is 3. The van der Waals surface area contributed by atoms with E-state index in [-0.39, 0.29) is 36.1 Å². The Morgan fingerprint density at radius 2 is 1.94 bits per heavy atom. The van der Waals surface area contributed by atoms with Crippen LogP contribution in [0.15, 0.2) is 22.9 Å². The molecule has 1 aromatic rings. The van der Waals surface area contributed by atoms with Crippen LogP contribution in [0.1, 0.15) is 36.5 Å². The number of oxime groups is 1. The van der Waals surface area contributed by atoms with Crippen molar-refractivity contribution in [3.05, 3.63) is 34.4 Å². The number of phenols is 1. The van der Waals surface area contributed by atoms with Crippen LogP contribution >= 0.6 is 0 Å². The molecule has 6 N–H and O–H groups in total. The zero-order valence-corrected chi connectivity index (χ0v) is 17.5. The molecule has 5 atom stereocenters. The molecule has 0 aromatic heterocycles. The molecular weight excluding hydrogens is 420 g/mol. The number of aliphatic hydroxyl groups excluding tert-OH is 2. The van der Waals surface area contributed by atoms with Gasteiger partial charge in [-0.2, -0.15) is 0 Å². The number of ketones is 2. The Morgan fingerprint density at radius 1 is 1.25 bits per heavy atom. The van der Waals surface area contributed by atoms with Gasteiger partial charge in [0.05, 0.1) is 17.4 Å². The molecule has 32 heavy (non-hydrogen) atoms. The highest BCUT2D eigenvalue weighted by Gasteiger charge is 2.63. The van der Waals surface area contributed by atoms with Crippen LogP contribution in [0.5, 0.6) is 5.75 Å². The Morgan fingerprint density at radius 3 is 2.56 bits per heavy atom. The number of nitrogens with two attached hydrogens (primary N) is 1. The number of carbonyl (C=O) groups is 3. The highest BCUT2D eigenvalue weighted by molar-refractivity contribution is 6.24. The highest BCUT2D eigenvalue weighted by atomic mass is 16.6. The number of rotatable bonds is 3. The fraction of sp³-hybridized carbons (Fsp3) is 0.455. The van der Waals surface area contributed by atoms with Crippen LogP contribution in [0.2, 0.25) is 0 Å². The predicted octanol–water partition coefficient (Wildman–Crippen LogP) is -0.0407. The van der Waals surface area contributed by atoms with Crippen LogP contribution in [0.4, 0.5) is 0 Å². The van der Waals surface area contributed by atoms with E-state index in [0.717, 1.165) is 0 Å². The van der Waals surface area contributed by atoms with Crippen molar-refractivity contribution in [3.8, 4) is 5.75 Å². The Kier molecular flexibility index (Phi) is 5.09. The molecule has 0 heterocycles. The number of hydrogen-bond donors (Lipinski definition) is 5. The lowest BCUT2D eigenvalue weighted by molar-refractivity contribution is -0.174. The van der Waals surface area contributed by atoms with Crippen LogP contribution in [-0.4, -0.2) is 62.4 Å². The number of aromatic hydroxyl groups is 1. The van der Waals surface area contributed by atoms with Gasteiger partial charge in [-0.1, -0.05) is 5.16 Å². The van der Waals surface area contributed by atoms with Crippen molar-refractivity contribution < 1.29 is 39.6 Å². The molecule has 10 nitrogen and oxygen atoms in total. The Bertz CT molecular complexity index is 1110. The molecule has 0 aliphatic heterocycles. The lowest BCUT2D eigenvalue weighted by Gasteiger charge is -2.48. The number of Topliss-reactive ketones (excluding diaryl/α,β-unsaturated/α-hetero) is 2. The fourth-order valence-corrected chi connectivity index (χ4v) is 5.45. The smallest absolute Gasteiger partial charge is 0.230 e. The minimum Gasteiger partial charge on any atom is -0.507 e. The summed E-state index contributed by atoms with van der Waals surface area (Å²) in [6.07, 6.45) is -1.26. The number of amides is 1. The third-order valence-electron chi connectivity index (χ3n) is 6.89. The summed E-state index contributed by atoms with van der Waals surface area (Å²) in [7, 11) is 1.39. The van der Waals surface area contributed by atoms with Gasteiger partial charge in [0, 0.05) is 17.1 Å². The topological polar surface area (TPSA) is 180 Å². The van der Waals surface area contributed by atoms with Crippen molar-refractivity contribution in [1.29, 1.82) is 0 Å². The van der Waals surface area contributed by atoms with Crippen molar-refractivity contribution in [3.63, 3.8) is 0 Å². The summed E-state index contributed by atoms with van der Waals surface area (Å²) < 4.78 is 0. The highest BCUT2D eigenvalue weighted by Crippen LogP contribution is 2.51. The van der Waals surface area contributed by atoms with E-state index in [0.29, 0.717) is 16.8 Å². The third kappa shape index (κ3) is 2.86. The van der Waals surface area contributed by atoms with E-state index >= 15 is 0 Å². The first-order valence-electron chi connectivity index (χ1n) is 10.2. The molecule has 0 radical (unpaired) electrons. The van der Waals surface area contributed by atoms with Gasteiger partial charge in [-0.15, -0.1) is 0 Å². The van der Waals surface area contributed by atoms with Gasteiger partial charge in [0.1, 0.15) is 24.5 Å². The van der Waals surface area contributed by atoms with E-state index in [4.69, 9.17) is 10.6 Å². The zero-order chi connectivity index (χ0) is 23.5.